The maximum atomic E-state index is 13.3. The summed E-state index contributed by atoms with van der Waals surface area (Å²) >= 11 is 0. The zero-order valence-electron chi connectivity index (χ0n) is 23.0. The molecule has 2 aromatic carbocycles. The van der Waals surface area contributed by atoms with E-state index in [4.69, 9.17) is 4.74 Å². The molecule has 0 aromatic heterocycles. The molecule has 2 aromatic rings. The molecule has 2 aliphatic heterocycles. The number of likely N-dealkylation sites (N-methyl/N-ethyl adjacent to an activating group) is 1. The van der Waals surface area contributed by atoms with Crippen LogP contribution in [0.4, 0.5) is 4.79 Å². The lowest BCUT2D eigenvalue weighted by molar-refractivity contribution is -0.139. The molecule has 1 unspecified atom stereocenters. The van der Waals surface area contributed by atoms with E-state index >= 15 is 0 Å². The molecule has 0 radical (unpaired) electrons. The Labute approximate surface area is 225 Å². The van der Waals surface area contributed by atoms with Gasteiger partial charge in [0.15, 0.2) is 0 Å². The fraction of sp³-hybridized carbons (Fsp3) is 0.433. The van der Waals surface area contributed by atoms with Crippen molar-refractivity contribution in [1.29, 1.82) is 0 Å². The summed E-state index contributed by atoms with van der Waals surface area (Å²) in [5.41, 5.74) is 3.74. The van der Waals surface area contributed by atoms with E-state index in [0.29, 0.717) is 49.6 Å². The van der Waals surface area contributed by atoms with Crippen molar-refractivity contribution in [2.24, 2.45) is 0 Å². The molecule has 1 fully saturated rings. The fourth-order valence-electron chi connectivity index (χ4n) is 4.91. The monoisotopic (exact) mass is 518 g/mol. The summed E-state index contributed by atoms with van der Waals surface area (Å²) in [6.45, 7) is 11.3. The molecule has 1 saturated heterocycles. The number of amides is 3. The number of esters is 1. The highest BCUT2D eigenvalue weighted by atomic mass is 16.5. The van der Waals surface area contributed by atoms with Crippen molar-refractivity contribution in [3.8, 4) is 0 Å². The van der Waals surface area contributed by atoms with Crippen molar-refractivity contribution in [3.05, 3.63) is 82.6 Å². The predicted octanol–water partition coefficient (Wildman–Crippen LogP) is 3.96. The second-order valence-corrected chi connectivity index (χ2v) is 10.8. The van der Waals surface area contributed by atoms with E-state index < -0.39 is 12.0 Å². The van der Waals surface area contributed by atoms with Gasteiger partial charge in [-0.3, -0.25) is 14.6 Å². The van der Waals surface area contributed by atoms with Gasteiger partial charge in [-0.05, 0) is 35.6 Å². The summed E-state index contributed by atoms with van der Waals surface area (Å²) in [6, 6.07) is 16.4. The lowest BCUT2D eigenvalue weighted by Crippen LogP contribution is -2.53. The summed E-state index contributed by atoms with van der Waals surface area (Å²) in [7, 11) is 1.68. The number of carbonyl (C=O) groups is 3. The number of hydrogen-bond donors (Lipinski definition) is 1. The highest BCUT2D eigenvalue weighted by Gasteiger charge is 2.38. The molecule has 202 valence electrons. The Morgan fingerprint density at radius 2 is 1.61 bits per heavy atom. The molecule has 3 amide bonds. The molecule has 38 heavy (non-hydrogen) atoms. The van der Waals surface area contributed by atoms with Crippen LogP contribution < -0.4 is 5.32 Å². The molecular formula is C30H38N4O4. The maximum Gasteiger partial charge on any atom is 0.338 e. The summed E-state index contributed by atoms with van der Waals surface area (Å²) in [5, 5.41) is 2.99. The number of carbonyl (C=O) groups excluding carboxylic acids is 3. The van der Waals surface area contributed by atoms with Gasteiger partial charge in [-0.15, -0.1) is 0 Å². The molecule has 8 nitrogen and oxygen atoms in total. The van der Waals surface area contributed by atoms with E-state index in [-0.39, 0.29) is 24.0 Å². The quantitative estimate of drug-likeness (QED) is 0.586. The van der Waals surface area contributed by atoms with Crippen molar-refractivity contribution >= 4 is 17.9 Å². The van der Waals surface area contributed by atoms with Crippen molar-refractivity contribution in [3.63, 3.8) is 0 Å². The zero-order chi connectivity index (χ0) is 27.4. The number of piperazine rings is 1. The van der Waals surface area contributed by atoms with Gasteiger partial charge in [0, 0.05) is 51.0 Å². The molecular weight excluding hydrogens is 480 g/mol. The largest absolute Gasteiger partial charge is 0.463 e. The zero-order valence-corrected chi connectivity index (χ0v) is 23.0. The Morgan fingerprint density at radius 1 is 0.974 bits per heavy atom. The van der Waals surface area contributed by atoms with E-state index in [1.165, 1.54) is 10.5 Å². The Bertz CT molecular complexity index is 1190. The van der Waals surface area contributed by atoms with Crippen LogP contribution in [-0.2, 0) is 14.9 Å². The number of hydrogen-bond acceptors (Lipinski definition) is 5. The highest BCUT2D eigenvalue weighted by molar-refractivity contribution is 5.95. The van der Waals surface area contributed by atoms with Crippen LogP contribution in [0.1, 0.15) is 55.2 Å². The Hall–Kier alpha value is -3.65. The van der Waals surface area contributed by atoms with Gasteiger partial charge in [0.05, 0.1) is 18.2 Å². The lowest BCUT2D eigenvalue weighted by atomic mass is 9.85. The van der Waals surface area contributed by atoms with Gasteiger partial charge in [0.2, 0.25) is 0 Å². The van der Waals surface area contributed by atoms with Gasteiger partial charge in [0.25, 0.3) is 5.91 Å². The molecule has 2 heterocycles. The van der Waals surface area contributed by atoms with Crippen LogP contribution in [0.15, 0.2) is 65.9 Å². The van der Waals surface area contributed by atoms with E-state index in [1.54, 1.807) is 14.0 Å². The first kappa shape index (κ1) is 27.4. The summed E-state index contributed by atoms with van der Waals surface area (Å²) < 4.78 is 5.47. The third-order valence-electron chi connectivity index (χ3n) is 7.24. The van der Waals surface area contributed by atoms with Crippen LogP contribution in [0, 0.1) is 0 Å². The van der Waals surface area contributed by atoms with E-state index in [0.717, 1.165) is 5.56 Å². The first-order valence-electron chi connectivity index (χ1n) is 13.2. The molecule has 4 rings (SSSR count). The molecule has 2 aliphatic rings. The van der Waals surface area contributed by atoms with E-state index in [1.807, 2.05) is 59.5 Å². The van der Waals surface area contributed by atoms with Gasteiger partial charge in [0.1, 0.15) is 0 Å². The molecule has 1 atom stereocenters. The van der Waals surface area contributed by atoms with Gasteiger partial charge in [-0.2, -0.15) is 0 Å². The van der Waals surface area contributed by atoms with Crippen LogP contribution in [0.3, 0.4) is 0 Å². The minimum Gasteiger partial charge on any atom is -0.463 e. The number of benzene rings is 2. The van der Waals surface area contributed by atoms with Crippen molar-refractivity contribution < 1.29 is 19.1 Å². The van der Waals surface area contributed by atoms with E-state index in [2.05, 4.69) is 31.0 Å². The second-order valence-electron chi connectivity index (χ2n) is 10.8. The number of rotatable bonds is 6. The maximum absolute atomic E-state index is 13.3. The molecule has 0 bridgehead atoms. The second kappa shape index (κ2) is 11.4. The number of nitrogens with one attached hydrogen (secondary N) is 1. The van der Waals surface area contributed by atoms with Crippen LogP contribution in [-0.4, -0.2) is 79.0 Å². The van der Waals surface area contributed by atoms with E-state index in [9.17, 15) is 14.4 Å². The summed E-state index contributed by atoms with van der Waals surface area (Å²) in [4.78, 5) is 44.7. The van der Waals surface area contributed by atoms with Crippen molar-refractivity contribution in [1.82, 2.24) is 20.0 Å². The van der Waals surface area contributed by atoms with Crippen LogP contribution in [0.25, 0.3) is 0 Å². The summed E-state index contributed by atoms with van der Waals surface area (Å²) in [5.74, 6) is -0.415. The molecule has 1 N–H and O–H groups in total. The predicted molar refractivity (Wildman–Crippen MR) is 147 cm³/mol. The summed E-state index contributed by atoms with van der Waals surface area (Å²) in [6.07, 6.45) is 0. The van der Waals surface area contributed by atoms with Gasteiger partial charge < -0.3 is 15.0 Å². The number of urea groups is 1. The Kier molecular flexibility index (Phi) is 8.21. The Balaban J connectivity index is 1.58. The SMILES string of the molecule is CCOC(=O)C1=C(CN2CCN(C(=O)c3ccccc3)CC2)N(C)C(=O)NC1c1ccc(C(C)(C)C)cc1. The van der Waals surface area contributed by atoms with Crippen LogP contribution in [0.2, 0.25) is 0 Å². The fourth-order valence-corrected chi connectivity index (χ4v) is 4.91. The van der Waals surface area contributed by atoms with Gasteiger partial charge in [-0.1, -0.05) is 63.2 Å². The van der Waals surface area contributed by atoms with Crippen LogP contribution in [0.5, 0.6) is 0 Å². The van der Waals surface area contributed by atoms with Crippen molar-refractivity contribution in [2.45, 2.75) is 39.2 Å². The topological polar surface area (TPSA) is 82.2 Å². The molecule has 0 saturated carbocycles. The van der Waals surface area contributed by atoms with Gasteiger partial charge in [-0.25, -0.2) is 9.59 Å². The molecule has 0 aliphatic carbocycles. The van der Waals surface area contributed by atoms with Crippen molar-refractivity contribution in [2.75, 3.05) is 46.4 Å². The smallest absolute Gasteiger partial charge is 0.338 e. The highest BCUT2D eigenvalue weighted by Crippen LogP contribution is 2.33. The van der Waals surface area contributed by atoms with Crippen LogP contribution >= 0.6 is 0 Å². The standard InChI is InChI=1S/C30H38N4O4/c1-6-38-28(36)25-24(20-33-16-18-34(19-17-33)27(35)22-10-8-7-9-11-22)32(5)29(37)31-26(25)21-12-14-23(15-13-21)30(2,3)4/h7-15,26H,6,16-20H2,1-5H3,(H,31,37). The third kappa shape index (κ3) is 5.91. The average molecular weight is 519 g/mol. The molecule has 8 heteroatoms. The third-order valence-corrected chi connectivity index (χ3v) is 7.24. The minimum absolute atomic E-state index is 0.0103. The molecule has 0 spiro atoms. The number of ether oxygens (including phenoxy) is 1. The lowest BCUT2D eigenvalue weighted by Gasteiger charge is -2.39. The minimum atomic E-state index is -0.609. The first-order chi connectivity index (χ1) is 18.1. The first-order valence-corrected chi connectivity index (χ1v) is 13.2. The van der Waals surface area contributed by atoms with Gasteiger partial charge >= 0.3 is 12.0 Å². The normalized spacial score (nSPS) is 18.9. The Morgan fingerprint density at radius 3 is 2.18 bits per heavy atom. The average Bonchev–Trinajstić information content (AvgIpc) is 2.91. The number of nitrogens with zero attached hydrogens (tertiary/aromatic N) is 3.